The van der Waals surface area contributed by atoms with Gasteiger partial charge in [0, 0.05) is 25.2 Å². The quantitative estimate of drug-likeness (QED) is 0.782. The summed E-state index contributed by atoms with van der Waals surface area (Å²) in [4.78, 5) is 5.43. The Kier molecular flexibility index (Phi) is 3.42. The Hall–Kier alpha value is -0.120. The van der Waals surface area contributed by atoms with Gasteiger partial charge >= 0.3 is 0 Å². The van der Waals surface area contributed by atoms with Gasteiger partial charge in [0.1, 0.15) is 0 Å². The minimum atomic E-state index is 0.458. The monoisotopic (exact) mass is 237 g/mol. The molecule has 5 unspecified atom stereocenters. The minimum Gasteiger partial charge on any atom is -0.327 e. The molecular weight excluding hydrogens is 210 g/mol. The van der Waals surface area contributed by atoms with Crippen LogP contribution in [-0.4, -0.2) is 54.6 Å². The summed E-state index contributed by atoms with van der Waals surface area (Å²) in [5.41, 5.74) is 6.22. The number of likely N-dealkylation sites (tertiary alicyclic amines) is 1. The lowest BCUT2D eigenvalue weighted by molar-refractivity contribution is 0.0523. The van der Waals surface area contributed by atoms with Crippen LogP contribution in [0.4, 0.5) is 0 Å². The van der Waals surface area contributed by atoms with Crippen LogP contribution in [0.1, 0.15) is 32.6 Å². The van der Waals surface area contributed by atoms with Gasteiger partial charge in [-0.15, -0.1) is 0 Å². The predicted octanol–water partition coefficient (Wildman–Crippen LogP) is 1.14. The molecule has 17 heavy (non-hydrogen) atoms. The molecular formula is C14H27N3. The largest absolute Gasteiger partial charge is 0.327 e. The van der Waals surface area contributed by atoms with Crippen molar-refractivity contribution in [3.63, 3.8) is 0 Å². The van der Waals surface area contributed by atoms with Crippen molar-refractivity contribution in [2.75, 3.05) is 32.7 Å². The molecule has 3 aliphatic rings. The van der Waals surface area contributed by atoms with Crippen LogP contribution in [0, 0.1) is 11.8 Å². The van der Waals surface area contributed by atoms with Crippen molar-refractivity contribution in [3.05, 3.63) is 0 Å². The summed E-state index contributed by atoms with van der Waals surface area (Å²) < 4.78 is 0. The van der Waals surface area contributed by atoms with E-state index in [9.17, 15) is 0 Å². The summed E-state index contributed by atoms with van der Waals surface area (Å²) in [6.45, 7) is 8.86. The molecule has 0 aromatic rings. The number of piperidine rings is 2. The standard InChI is InChI=1S/C14H27N3/c1-2-11-10-17(8-4-13(11)15)14-5-7-16-6-3-12(14)9-16/h11-14H,2-10,15H2,1H3. The zero-order valence-electron chi connectivity index (χ0n) is 11.1. The van der Waals surface area contributed by atoms with Crippen LogP contribution in [0.5, 0.6) is 0 Å². The third-order valence-corrected chi connectivity index (χ3v) is 5.41. The van der Waals surface area contributed by atoms with Gasteiger partial charge in [0.05, 0.1) is 0 Å². The molecule has 3 aliphatic heterocycles. The normalized spacial score (nSPS) is 47.3. The maximum absolute atomic E-state index is 6.22. The van der Waals surface area contributed by atoms with Gasteiger partial charge in [0.15, 0.2) is 0 Å². The van der Waals surface area contributed by atoms with Crippen molar-refractivity contribution in [2.24, 2.45) is 17.6 Å². The fourth-order valence-corrected chi connectivity index (χ4v) is 4.22. The second kappa shape index (κ2) is 4.87. The van der Waals surface area contributed by atoms with Crippen LogP contribution in [0.3, 0.4) is 0 Å². The van der Waals surface area contributed by atoms with Gasteiger partial charge in [0.25, 0.3) is 0 Å². The Bertz CT molecular complexity index is 268. The summed E-state index contributed by atoms with van der Waals surface area (Å²) in [6.07, 6.45) is 5.30. The van der Waals surface area contributed by atoms with E-state index in [1.54, 1.807) is 0 Å². The molecule has 0 aliphatic carbocycles. The molecule has 0 aromatic carbocycles. The summed E-state index contributed by atoms with van der Waals surface area (Å²) in [7, 11) is 0. The average Bonchev–Trinajstić information content (AvgIpc) is 2.73. The van der Waals surface area contributed by atoms with Crippen molar-refractivity contribution in [3.8, 4) is 0 Å². The highest BCUT2D eigenvalue weighted by Gasteiger charge is 2.39. The Morgan fingerprint density at radius 3 is 2.71 bits per heavy atom. The van der Waals surface area contributed by atoms with Gasteiger partial charge in [-0.05, 0) is 50.7 Å². The van der Waals surface area contributed by atoms with E-state index in [1.807, 2.05) is 0 Å². The summed E-state index contributed by atoms with van der Waals surface area (Å²) in [5.74, 6) is 1.69. The summed E-state index contributed by atoms with van der Waals surface area (Å²) >= 11 is 0. The van der Waals surface area contributed by atoms with Crippen molar-refractivity contribution < 1.29 is 0 Å². The number of rotatable bonds is 2. The molecule has 0 spiro atoms. The first-order valence-electron chi connectivity index (χ1n) is 7.50. The molecule has 3 heteroatoms. The van der Waals surface area contributed by atoms with Crippen molar-refractivity contribution in [1.82, 2.24) is 9.80 Å². The van der Waals surface area contributed by atoms with Gasteiger partial charge in [0.2, 0.25) is 0 Å². The Labute approximate surface area is 105 Å². The van der Waals surface area contributed by atoms with Crippen LogP contribution in [0.25, 0.3) is 0 Å². The van der Waals surface area contributed by atoms with E-state index in [2.05, 4.69) is 16.7 Å². The van der Waals surface area contributed by atoms with Crippen LogP contribution in [-0.2, 0) is 0 Å². The number of hydrogen-bond donors (Lipinski definition) is 1. The van der Waals surface area contributed by atoms with Gasteiger partial charge in [-0.2, -0.15) is 0 Å². The number of nitrogens with two attached hydrogens (primary N) is 1. The van der Waals surface area contributed by atoms with Crippen molar-refractivity contribution in [2.45, 2.75) is 44.7 Å². The average molecular weight is 237 g/mol. The molecule has 0 saturated carbocycles. The van der Waals surface area contributed by atoms with Crippen LogP contribution in [0.15, 0.2) is 0 Å². The Morgan fingerprint density at radius 1 is 1.06 bits per heavy atom. The number of fused-ring (bicyclic) bond motifs is 2. The fraction of sp³-hybridized carbons (Fsp3) is 1.00. The lowest BCUT2D eigenvalue weighted by atomic mass is 9.86. The van der Waals surface area contributed by atoms with E-state index >= 15 is 0 Å². The van der Waals surface area contributed by atoms with Crippen molar-refractivity contribution in [1.29, 1.82) is 0 Å². The fourth-order valence-electron chi connectivity index (χ4n) is 4.22. The molecule has 5 atom stereocenters. The van der Waals surface area contributed by atoms with Crippen LogP contribution >= 0.6 is 0 Å². The highest BCUT2D eigenvalue weighted by atomic mass is 15.2. The van der Waals surface area contributed by atoms with Gasteiger partial charge in [-0.25, -0.2) is 0 Å². The van der Waals surface area contributed by atoms with Gasteiger partial charge in [-0.1, -0.05) is 13.3 Å². The van der Waals surface area contributed by atoms with E-state index in [0.717, 1.165) is 17.9 Å². The highest BCUT2D eigenvalue weighted by Crippen LogP contribution is 2.33. The molecule has 2 N–H and O–H groups in total. The van der Waals surface area contributed by atoms with E-state index in [-0.39, 0.29) is 0 Å². The zero-order chi connectivity index (χ0) is 11.8. The third kappa shape index (κ3) is 2.25. The maximum atomic E-state index is 6.22. The summed E-state index contributed by atoms with van der Waals surface area (Å²) in [5, 5.41) is 0. The molecule has 3 fully saturated rings. The molecule has 3 nitrogen and oxygen atoms in total. The van der Waals surface area contributed by atoms with Crippen LogP contribution in [0.2, 0.25) is 0 Å². The maximum Gasteiger partial charge on any atom is 0.0148 e. The second-order valence-electron chi connectivity index (χ2n) is 6.32. The highest BCUT2D eigenvalue weighted by molar-refractivity contribution is 4.95. The van der Waals surface area contributed by atoms with E-state index in [0.29, 0.717) is 6.04 Å². The Morgan fingerprint density at radius 2 is 1.88 bits per heavy atom. The van der Waals surface area contributed by atoms with Crippen molar-refractivity contribution >= 4 is 0 Å². The molecule has 2 bridgehead atoms. The first kappa shape index (κ1) is 11.9. The predicted molar refractivity (Wildman–Crippen MR) is 70.9 cm³/mol. The van der Waals surface area contributed by atoms with Gasteiger partial charge < -0.3 is 10.6 Å². The Balaban J connectivity index is 1.64. The minimum absolute atomic E-state index is 0.458. The van der Waals surface area contributed by atoms with E-state index in [4.69, 9.17) is 5.73 Å². The molecule has 0 amide bonds. The number of hydrogen-bond acceptors (Lipinski definition) is 3. The molecule has 3 rings (SSSR count). The van der Waals surface area contributed by atoms with E-state index < -0.39 is 0 Å². The van der Waals surface area contributed by atoms with Gasteiger partial charge in [-0.3, -0.25) is 4.90 Å². The molecule has 0 aromatic heterocycles. The van der Waals surface area contributed by atoms with E-state index in [1.165, 1.54) is 58.4 Å². The zero-order valence-corrected chi connectivity index (χ0v) is 11.1. The third-order valence-electron chi connectivity index (χ3n) is 5.41. The molecule has 98 valence electrons. The lowest BCUT2D eigenvalue weighted by Crippen LogP contribution is -2.54. The molecule has 0 radical (unpaired) electrons. The topological polar surface area (TPSA) is 32.5 Å². The first-order valence-corrected chi connectivity index (χ1v) is 7.50. The SMILES string of the molecule is CCC1CN(C2CCN3CCC2C3)CCC1N. The summed E-state index contributed by atoms with van der Waals surface area (Å²) in [6, 6.07) is 1.33. The second-order valence-corrected chi connectivity index (χ2v) is 6.32. The number of nitrogens with zero attached hydrogens (tertiary/aromatic N) is 2. The molecule has 3 saturated heterocycles. The lowest BCUT2D eigenvalue weighted by Gasteiger charge is -2.44. The first-order chi connectivity index (χ1) is 8.28. The smallest absolute Gasteiger partial charge is 0.0148 e. The van der Waals surface area contributed by atoms with Crippen LogP contribution < -0.4 is 5.73 Å². The molecule has 3 heterocycles.